The van der Waals surface area contributed by atoms with Gasteiger partial charge in [0.15, 0.2) is 22.7 Å². The lowest BCUT2D eigenvalue weighted by Crippen LogP contribution is -2.37. The lowest BCUT2D eigenvalue weighted by molar-refractivity contribution is 0.373. The number of methoxy groups -OCH3 is 1. The van der Waals surface area contributed by atoms with Crippen molar-refractivity contribution in [2.45, 2.75) is 6.54 Å². The second-order valence-corrected chi connectivity index (χ2v) is 7.15. The molecule has 10 nitrogen and oxygen atoms in total. The van der Waals surface area contributed by atoms with Gasteiger partial charge in [-0.1, -0.05) is 36.4 Å². The number of aromatic hydroxyl groups is 1. The van der Waals surface area contributed by atoms with Crippen LogP contribution in [0.15, 0.2) is 63.2 Å². The van der Waals surface area contributed by atoms with E-state index < -0.39 is 11.2 Å². The molecule has 0 fully saturated rings. The van der Waals surface area contributed by atoms with Crippen LogP contribution in [0.5, 0.6) is 11.5 Å². The number of imidazole rings is 1. The summed E-state index contributed by atoms with van der Waals surface area (Å²) in [4.78, 5) is 29.7. The topological polar surface area (TPSA) is 116 Å². The first-order valence-electron chi connectivity index (χ1n) is 9.77. The number of fused-ring (bicyclic) bond motifs is 1. The third kappa shape index (κ3) is 3.62. The maximum Gasteiger partial charge on any atom is 0.332 e. The predicted molar refractivity (Wildman–Crippen MR) is 122 cm³/mol. The van der Waals surface area contributed by atoms with Gasteiger partial charge in [-0.2, -0.15) is 10.1 Å². The molecular formula is C22H22N6O4. The molecule has 2 aromatic heterocycles. The second-order valence-electron chi connectivity index (χ2n) is 7.15. The van der Waals surface area contributed by atoms with E-state index in [4.69, 9.17) is 4.74 Å². The van der Waals surface area contributed by atoms with Crippen LogP contribution in [0.2, 0.25) is 0 Å². The number of aryl methyl sites for hydroxylation is 1. The zero-order valence-electron chi connectivity index (χ0n) is 17.8. The van der Waals surface area contributed by atoms with E-state index in [1.165, 1.54) is 24.9 Å². The van der Waals surface area contributed by atoms with E-state index in [9.17, 15) is 14.7 Å². The van der Waals surface area contributed by atoms with E-state index in [1.807, 2.05) is 30.3 Å². The number of hydrazone groups is 1. The number of nitrogens with one attached hydrogen (secondary N) is 1. The minimum Gasteiger partial charge on any atom is -0.504 e. The molecule has 0 aliphatic heterocycles. The van der Waals surface area contributed by atoms with Gasteiger partial charge in [-0.3, -0.25) is 18.5 Å². The first-order valence-corrected chi connectivity index (χ1v) is 9.77. The van der Waals surface area contributed by atoms with Gasteiger partial charge in [0.2, 0.25) is 5.95 Å². The molecule has 10 heteroatoms. The summed E-state index contributed by atoms with van der Waals surface area (Å²) in [7, 11) is 4.46. The third-order valence-corrected chi connectivity index (χ3v) is 5.15. The molecule has 0 radical (unpaired) electrons. The monoisotopic (exact) mass is 434 g/mol. The van der Waals surface area contributed by atoms with Gasteiger partial charge in [0.25, 0.3) is 5.56 Å². The first-order chi connectivity index (χ1) is 15.4. The Bertz CT molecular complexity index is 1430. The van der Waals surface area contributed by atoms with Crippen molar-refractivity contribution in [3.63, 3.8) is 0 Å². The highest BCUT2D eigenvalue weighted by atomic mass is 16.5. The van der Waals surface area contributed by atoms with Gasteiger partial charge in [0, 0.05) is 19.7 Å². The van der Waals surface area contributed by atoms with E-state index in [0.717, 1.165) is 10.1 Å². The number of hydrogen-bond donors (Lipinski definition) is 2. The van der Waals surface area contributed by atoms with E-state index >= 15 is 0 Å². The molecule has 2 N–H and O–H groups in total. The number of phenols is 1. The summed E-state index contributed by atoms with van der Waals surface area (Å²) in [6.45, 7) is 0.340. The molecule has 0 spiro atoms. The van der Waals surface area contributed by atoms with Crippen molar-refractivity contribution in [2.75, 3.05) is 12.5 Å². The van der Waals surface area contributed by atoms with Crippen LogP contribution in [0, 0.1) is 0 Å². The summed E-state index contributed by atoms with van der Waals surface area (Å²) < 4.78 is 9.15. The lowest BCUT2D eigenvalue weighted by atomic mass is 10.2. The van der Waals surface area contributed by atoms with Crippen LogP contribution in [0.25, 0.3) is 11.2 Å². The molecule has 2 aromatic carbocycles. The van der Waals surface area contributed by atoms with Crippen LogP contribution in [0.3, 0.4) is 0 Å². The fourth-order valence-corrected chi connectivity index (χ4v) is 3.42. The smallest absolute Gasteiger partial charge is 0.332 e. The van der Waals surface area contributed by atoms with Gasteiger partial charge in [-0.15, -0.1) is 0 Å². The highest BCUT2D eigenvalue weighted by Crippen LogP contribution is 2.28. The van der Waals surface area contributed by atoms with Crippen LogP contribution >= 0.6 is 0 Å². The van der Waals surface area contributed by atoms with E-state index in [0.29, 0.717) is 17.9 Å². The molecule has 2 heterocycles. The van der Waals surface area contributed by atoms with Crippen LogP contribution in [0.4, 0.5) is 5.95 Å². The van der Waals surface area contributed by atoms with Crippen LogP contribution in [-0.2, 0) is 20.6 Å². The van der Waals surface area contributed by atoms with Crippen molar-refractivity contribution in [2.24, 2.45) is 19.2 Å². The summed E-state index contributed by atoms with van der Waals surface area (Å²) >= 11 is 0. The Balaban J connectivity index is 1.81. The molecule has 164 valence electrons. The van der Waals surface area contributed by atoms with Gasteiger partial charge >= 0.3 is 5.69 Å². The number of para-hydroxylation sites is 1. The highest BCUT2D eigenvalue weighted by molar-refractivity contribution is 5.85. The molecule has 0 bridgehead atoms. The Morgan fingerprint density at radius 1 is 1.09 bits per heavy atom. The number of aromatic nitrogens is 4. The van der Waals surface area contributed by atoms with Gasteiger partial charge < -0.3 is 9.84 Å². The standard InChI is InChI=1S/C22H22N6O4/c1-26-19-17(20(30)27(2)22(26)31)28(13-14-8-5-4-6-9-14)21(24-19)25-23-12-15-10-7-11-16(32-3)18(15)29/h4-12,29H,13H2,1-3H3,(H,24,25)/b23-12-. The average molecular weight is 434 g/mol. The minimum absolute atomic E-state index is 0.0467. The molecule has 4 aromatic rings. The molecule has 4 rings (SSSR count). The SMILES string of the molecule is COc1cccc(/C=N\Nc2nc3c(c(=O)n(C)c(=O)n3C)n2Cc2ccccc2)c1O. The molecule has 32 heavy (non-hydrogen) atoms. The zero-order chi connectivity index (χ0) is 22.8. The van der Waals surface area contributed by atoms with E-state index in [1.54, 1.807) is 29.8 Å². The second kappa shape index (κ2) is 8.42. The fraction of sp³-hybridized carbons (Fsp3) is 0.182. The Morgan fingerprint density at radius 2 is 1.84 bits per heavy atom. The summed E-state index contributed by atoms with van der Waals surface area (Å²) in [6, 6.07) is 14.6. The Labute approximate surface area is 182 Å². The number of anilines is 1. The van der Waals surface area contributed by atoms with Crippen molar-refractivity contribution in [3.05, 3.63) is 80.5 Å². The summed E-state index contributed by atoms with van der Waals surface area (Å²) in [5.74, 6) is 0.555. The molecule has 0 aliphatic rings. The molecule has 0 amide bonds. The molecular weight excluding hydrogens is 412 g/mol. The normalized spacial score (nSPS) is 11.3. The molecule has 0 atom stereocenters. The quantitative estimate of drug-likeness (QED) is 0.352. The Kier molecular flexibility index (Phi) is 5.50. The Morgan fingerprint density at radius 3 is 2.56 bits per heavy atom. The third-order valence-electron chi connectivity index (χ3n) is 5.15. The summed E-state index contributed by atoms with van der Waals surface area (Å²) in [5.41, 5.74) is 3.82. The largest absolute Gasteiger partial charge is 0.504 e. The van der Waals surface area contributed by atoms with Crippen molar-refractivity contribution in [3.8, 4) is 11.5 Å². The van der Waals surface area contributed by atoms with Gasteiger partial charge in [0.05, 0.1) is 19.9 Å². The molecule has 0 aliphatic carbocycles. The molecule has 0 saturated heterocycles. The van der Waals surface area contributed by atoms with Crippen molar-refractivity contribution in [1.82, 2.24) is 18.7 Å². The van der Waals surface area contributed by atoms with Gasteiger partial charge in [-0.05, 0) is 17.7 Å². The van der Waals surface area contributed by atoms with Crippen molar-refractivity contribution in [1.29, 1.82) is 0 Å². The van der Waals surface area contributed by atoms with Gasteiger partial charge in [0.1, 0.15) is 0 Å². The number of hydrogen-bond acceptors (Lipinski definition) is 7. The summed E-state index contributed by atoms with van der Waals surface area (Å²) in [5, 5.41) is 14.4. The molecule has 0 saturated carbocycles. The maximum atomic E-state index is 12.9. The summed E-state index contributed by atoms with van der Waals surface area (Å²) in [6.07, 6.45) is 1.42. The number of benzene rings is 2. The van der Waals surface area contributed by atoms with Crippen LogP contribution in [-0.4, -0.2) is 37.1 Å². The predicted octanol–water partition coefficient (Wildman–Crippen LogP) is 1.64. The van der Waals surface area contributed by atoms with Crippen LogP contribution in [0.1, 0.15) is 11.1 Å². The highest BCUT2D eigenvalue weighted by Gasteiger charge is 2.19. The van der Waals surface area contributed by atoms with Crippen molar-refractivity contribution >= 4 is 23.3 Å². The maximum absolute atomic E-state index is 12.9. The van der Waals surface area contributed by atoms with Crippen LogP contribution < -0.4 is 21.4 Å². The number of nitrogens with zero attached hydrogens (tertiary/aromatic N) is 5. The number of phenolic OH excluding ortho intramolecular Hbond substituents is 1. The number of ether oxygens (including phenoxy) is 1. The average Bonchev–Trinajstić information content (AvgIpc) is 3.16. The van der Waals surface area contributed by atoms with Crippen molar-refractivity contribution < 1.29 is 9.84 Å². The van der Waals surface area contributed by atoms with E-state index in [-0.39, 0.29) is 22.9 Å². The lowest BCUT2D eigenvalue weighted by Gasteiger charge is -2.09. The fourth-order valence-electron chi connectivity index (χ4n) is 3.42. The Hall–Kier alpha value is -4.34. The minimum atomic E-state index is -0.469. The van der Waals surface area contributed by atoms with E-state index in [2.05, 4.69) is 15.5 Å². The first kappa shape index (κ1) is 20.9. The molecule has 0 unspecified atom stereocenters. The number of rotatable bonds is 6. The zero-order valence-corrected chi connectivity index (χ0v) is 17.8. The van der Waals surface area contributed by atoms with Gasteiger partial charge in [-0.25, -0.2) is 10.2 Å².